The summed E-state index contributed by atoms with van der Waals surface area (Å²) in [6.45, 7) is 0.724. The molecule has 0 bridgehead atoms. The van der Waals surface area contributed by atoms with Gasteiger partial charge in [-0.25, -0.2) is 0 Å². The van der Waals surface area contributed by atoms with Gasteiger partial charge in [0.1, 0.15) is 0 Å². The first kappa shape index (κ1) is 12.0. The van der Waals surface area contributed by atoms with Crippen LogP contribution in [0.25, 0.3) is 11.5 Å². The van der Waals surface area contributed by atoms with Gasteiger partial charge >= 0.3 is 0 Å². The minimum atomic E-state index is -0.187. The summed E-state index contributed by atoms with van der Waals surface area (Å²) < 4.78 is 10.3. The van der Waals surface area contributed by atoms with Gasteiger partial charge in [0.2, 0.25) is 5.76 Å². The molecule has 1 N–H and O–H groups in total. The SMILES string of the molecule is O=C(NCC1CCCC1)c1cc(-c2ccco2)on1. The Balaban J connectivity index is 1.60. The lowest BCUT2D eigenvalue weighted by molar-refractivity contribution is 0.0938. The van der Waals surface area contributed by atoms with Crippen LogP contribution in [0.5, 0.6) is 0 Å². The lowest BCUT2D eigenvalue weighted by Gasteiger charge is -2.08. The fraction of sp³-hybridized carbons (Fsp3) is 0.429. The first-order valence-corrected chi connectivity index (χ1v) is 6.62. The zero-order chi connectivity index (χ0) is 13.1. The molecule has 1 saturated carbocycles. The topological polar surface area (TPSA) is 68.3 Å². The van der Waals surface area contributed by atoms with Gasteiger partial charge in [-0.05, 0) is 30.9 Å². The van der Waals surface area contributed by atoms with E-state index in [1.807, 2.05) is 0 Å². The summed E-state index contributed by atoms with van der Waals surface area (Å²) in [6, 6.07) is 5.13. The van der Waals surface area contributed by atoms with Crippen LogP contribution in [0.1, 0.15) is 36.2 Å². The van der Waals surface area contributed by atoms with Gasteiger partial charge in [0.25, 0.3) is 5.91 Å². The molecule has 1 aliphatic carbocycles. The maximum Gasteiger partial charge on any atom is 0.273 e. The first-order valence-electron chi connectivity index (χ1n) is 6.62. The third-order valence-corrected chi connectivity index (χ3v) is 3.53. The molecule has 1 aliphatic rings. The molecule has 0 aliphatic heterocycles. The van der Waals surface area contributed by atoms with Crippen molar-refractivity contribution in [2.75, 3.05) is 6.54 Å². The zero-order valence-electron chi connectivity index (χ0n) is 10.6. The third-order valence-electron chi connectivity index (χ3n) is 3.53. The Morgan fingerprint density at radius 1 is 1.37 bits per heavy atom. The van der Waals surface area contributed by atoms with Gasteiger partial charge in [-0.2, -0.15) is 0 Å². The summed E-state index contributed by atoms with van der Waals surface area (Å²) in [5, 5.41) is 6.68. The van der Waals surface area contributed by atoms with Gasteiger partial charge in [-0.3, -0.25) is 4.79 Å². The normalized spacial score (nSPS) is 15.8. The maximum atomic E-state index is 11.9. The Hall–Kier alpha value is -2.04. The van der Waals surface area contributed by atoms with E-state index in [1.54, 1.807) is 24.5 Å². The van der Waals surface area contributed by atoms with Gasteiger partial charge < -0.3 is 14.3 Å². The van der Waals surface area contributed by atoms with Crippen molar-refractivity contribution in [3.05, 3.63) is 30.2 Å². The van der Waals surface area contributed by atoms with E-state index >= 15 is 0 Å². The van der Waals surface area contributed by atoms with Gasteiger partial charge in [0.15, 0.2) is 11.5 Å². The quantitative estimate of drug-likeness (QED) is 0.917. The van der Waals surface area contributed by atoms with E-state index in [0.29, 0.717) is 23.1 Å². The molecule has 0 atom stereocenters. The van der Waals surface area contributed by atoms with Crippen LogP contribution < -0.4 is 5.32 Å². The number of rotatable bonds is 4. The van der Waals surface area contributed by atoms with Crippen molar-refractivity contribution in [1.82, 2.24) is 10.5 Å². The number of nitrogens with one attached hydrogen (secondary N) is 1. The lowest BCUT2D eigenvalue weighted by atomic mass is 10.1. The van der Waals surface area contributed by atoms with Crippen molar-refractivity contribution in [2.45, 2.75) is 25.7 Å². The second-order valence-electron chi connectivity index (χ2n) is 4.91. The Labute approximate surface area is 111 Å². The summed E-state index contributed by atoms with van der Waals surface area (Å²) in [5.74, 6) is 1.47. The number of amides is 1. The molecule has 0 aromatic carbocycles. The number of carbonyl (C=O) groups excluding carboxylic acids is 1. The third kappa shape index (κ3) is 2.70. The number of hydrogen-bond donors (Lipinski definition) is 1. The molecule has 1 fully saturated rings. The molecule has 1 amide bonds. The van der Waals surface area contributed by atoms with Crippen LogP contribution in [0.3, 0.4) is 0 Å². The van der Waals surface area contributed by atoms with Crippen molar-refractivity contribution >= 4 is 5.91 Å². The second kappa shape index (κ2) is 5.30. The molecule has 3 rings (SSSR count). The number of furan rings is 1. The largest absolute Gasteiger partial charge is 0.461 e. The fourth-order valence-corrected chi connectivity index (χ4v) is 2.46. The highest BCUT2D eigenvalue weighted by molar-refractivity contribution is 5.92. The Morgan fingerprint density at radius 2 is 2.21 bits per heavy atom. The maximum absolute atomic E-state index is 11.9. The van der Waals surface area contributed by atoms with Crippen LogP contribution in [0.2, 0.25) is 0 Å². The van der Waals surface area contributed by atoms with E-state index in [4.69, 9.17) is 8.94 Å². The summed E-state index contributed by atoms with van der Waals surface area (Å²) in [7, 11) is 0. The average Bonchev–Trinajstić information content (AvgIpc) is 3.14. The molecule has 0 spiro atoms. The number of nitrogens with zero attached hydrogens (tertiary/aromatic N) is 1. The number of aromatic nitrogens is 1. The van der Waals surface area contributed by atoms with E-state index < -0.39 is 0 Å². The summed E-state index contributed by atoms with van der Waals surface area (Å²) in [5.41, 5.74) is 0.296. The molecule has 19 heavy (non-hydrogen) atoms. The standard InChI is InChI=1S/C14H16N2O3/c17-14(15-9-10-4-1-2-5-10)11-8-13(19-16-11)12-6-3-7-18-12/h3,6-8,10H,1-2,4-5,9H2,(H,15,17). The molecule has 2 aromatic rings. The molecule has 2 aromatic heterocycles. The Kier molecular flexibility index (Phi) is 3.35. The Bertz CT molecular complexity index is 539. The van der Waals surface area contributed by atoms with Crippen LogP contribution in [-0.4, -0.2) is 17.6 Å². The molecule has 2 heterocycles. The molecule has 0 saturated heterocycles. The molecule has 0 unspecified atom stereocenters. The van der Waals surface area contributed by atoms with Gasteiger partial charge in [0, 0.05) is 12.6 Å². The minimum Gasteiger partial charge on any atom is -0.461 e. The monoisotopic (exact) mass is 260 g/mol. The van der Waals surface area contributed by atoms with Crippen molar-refractivity contribution in [3.8, 4) is 11.5 Å². The smallest absolute Gasteiger partial charge is 0.273 e. The zero-order valence-corrected chi connectivity index (χ0v) is 10.6. The highest BCUT2D eigenvalue weighted by atomic mass is 16.5. The molecule has 5 nitrogen and oxygen atoms in total. The van der Waals surface area contributed by atoms with Crippen LogP contribution in [0.4, 0.5) is 0 Å². The lowest BCUT2D eigenvalue weighted by Crippen LogP contribution is -2.28. The second-order valence-corrected chi connectivity index (χ2v) is 4.91. The average molecular weight is 260 g/mol. The molecule has 100 valence electrons. The predicted octanol–water partition coefficient (Wildman–Crippen LogP) is 2.85. The number of hydrogen-bond acceptors (Lipinski definition) is 4. The fourth-order valence-electron chi connectivity index (χ4n) is 2.46. The summed E-state index contributed by atoms with van der Waals surface area (Å²) in [6.07, 6.45) is 6.51. The van der Waals surface area contributed by atoms with Gasteiger partial charge in [-0.15, -0.1) is 0 Å². The van der Waals surface area contributed by atoms with Crippen molar-refractivity contribution in [2.24, 2.45) is 5.92 Å². The van der Waals surface area contributed by atoms with Gasteiger partial charge in [-0.1, -0.05) is 18.0 Å². The van der Waals surface area contributed by atoms with Crippen molar-refractivity contribution in [3.63, 3.8) is 0 Å². The highest BCUT2D eigenvalue weighted by Crippen LogP contribution is 2.24. The van der Waals surface area contributed by atoms with Crippen LogP contribution in [-0.2, 0) is 0 Å². The molecular weight excluding hydrogens is 244 g/mol. The first-order chi connectivity index (χ1) is 9.33. The van der Waals surface area contributed by atoms with Crippen molar-refractivity contribution < 1.29 is 13.7 Å². The molecule has 5 heteroatoms. The Morgan fingerprint density at radius 3 is 2.95 bits per heavy atom. The van der Waals surface area contributed by atoms with Crippen molar-refractivity contribution in [1.29, 1.82) is 0 Å². The van der Waals surface area contributed by atoms with Crippen LogP contribution in [0, 0.1) is 5.92 Å². The van der Waals surface area contributed by atoms with E-state index in [0.717, 1.165) is 6.54 Å². The predicted molar refractivity (Wildman–Crippen MR) is 68.5 cm³/mol. The summed E-state index contributed by atoms with van der Waals surface area (Å²) >= 11 is 0. The van der Waals surface area contributed by atoms with E-state index in [-0.39, 0.29) is 5.91 Å². The minimum absolute atomic E-state index is 0.187. The van der Waals surface area contributed by atoms with Gasteiger partial charge in [0.05, 0.1) is 6.26 Å². The van der Waals surface area contributed by atoms with E-state index in [2.05, 4.69) is 10.5 Å². The molecule has 0 radical (unpaired) electrons. The summed E-state index contributed by atoms with van der Waals surface area (Å²) in [4.78, 5) is 11.9. The van der Waals surface area contributed by atoms with Crippen LogP contribution >= 0.6 is 0 Å². The van der Waals surface area contributed by atoms with E-state index in [1.165, 1.54) is 25.7 Å². The molecular formula is C14H16N2O3. The number of carbonyl (C=O) groups is 1. The highest BCUT2D eigenvalue weighted by Gasteiger charge is 2.18. The van der Waals surface area contributed by atoms with E-state index in [9.17, 15) is 4.79 Å². The van der Waals surface area contributed by atoms with Crippen LogP contribution in [0.15, 0.2) is 33.4 Å².